The number of hydrogen-bond donors (Lipinski definition) is 1. The van der Waals surface area contributed by atoms with E-state index in [1.165, 1.54) is 6.20 Å². The van der Waals surface area contributed by atoms with E-state index < -0.39 is 0 Å². The lowest BCUT2D eigenvalue weighted by atomic mass is 10.1. The van der Waals surface area contributed by atoms with Crippen molar-refractivity contribution >= 4 is 12.6 Å². The Bertz CT molecular complexity index is 439. The van der Waals surface area contributed by atoms with Gasteiger partial charge in [-0.05, 0) is 23.8 Å². The zero-order chi connectivity index (χ0) is 9.97. The van der Waals surface area contributed by atoms with Crippen molar-refractivity contribution < 1.29 is 4.39 Å². The molecule has 2 aromatic rings. The molecule has 2 rings (SSSR count). The highest BCUT2D eigenvalue weighted by Crippen LogP contribution is 2.22. The van der Waals surface area contributed by atoms with E-state index >= 15 is 0 Å². The molecular weight excluding hydrogens is 197 g/mol. The predicted octanol–water partition coefficient (Wildman–Crippen LogP) is 3.18. The van der Waals surface area contributed by atoms with Crippen LogP contribution in [0.15, 0.2) is 47.6 Å². The van der Waals surface area contributed by atoms with Gasteiger partial charge in [0.05, 0.1) is 6.20 Å². The maximum absolute atomic E-state index is 13.3. The molecule has 0 aliphatic heterocycles. The third-order valence-electron chi connectivity index (χ3n) is 1.95. The van der Waals surface area contributed by atoms with Gasteiger partial charge in [0.15, 0.2) is 0 Å². The summed E-state index contributed by atoms with van der Waals surface area (Å²) in [5, 5.41) is 0. The van der Waals surface area contributed by atoms with Crippen molar-refractivity contribution in [3.05, 3.63) is 48.5 Å². The molecule has 1 aromatic heterocycles. The van der Waals surface area contributed by atoms with Crippen LogP contribution < -0.4 is 0 Å². The van der Waals surface area contributed by atoms with Crippen LogP contribution in [-0.4, -0.2) is 4.98 Å². The van der Waals surface area contributed by atoms with Crippen molar-refractivity contribution in [3.63, 3.8) is 0 Å². The van der Waals surface area contributed by atoms with Gasteiger partial charge in [0.25, 0.3) is 0 Å². The Morgan fingerprint density at radius 2 is 1.79 bits per heavy atom. The first-order valence-electron chi connectivity index (χ1n) is 4.16. The van der Waals surface area contributed by atoms with Crippen LogP contribution in [0.2, 0.25) is 0 Å². The minimum atomic E-state index is -0.306. The quantitative estimate of drug-likeness (QED) is 0.705. The first-order chi connectivity index (χ1) is 6.77. The molecule has 0 radical (unpaired) electrons. The molecule has 1 heterocycles. The fourth-order valence-corrected chi connectivity index (χ4v) is 1.40. The number of nitrogens with zero attached hydrogens (tertiary/aromatic N) is 1. The zero-order valence-electron chi connectivity index (χ0n) is 7.31. The molecule has 0 bridgehead atoms. The summed E-state index contributed by atoms with van der Waals surface area (Å²) in [5.41, 5.74) is 1.40. The van der Waals surface area contributed by atoms with Crippen molar-refractivity contribution in [2.24, 2.45) is 0 Å². The molecule has 3 heteroatoms. The summed E-state index contributed by atoms with van der Waals surface area (Å²) in [6.45, 7) is 0. The number of benzene rings is 1. The molecule has 0 atom stereocenters. The molecule has 1 aromatic carbocycles. The Kier molecular flexibility index (Phi) is 2.50. The summed E-state index contributed by atoms with van der Waals surface area (Å²) < 4.78 is 13.3. The van der Waals surface area contributed by atoms with E-state index in [9.17, 15) is 4.39 Å². The highest BCUT2D eigenvalue weighted by atomic mass is 32.1. The maximum Gasteiger partial charge on any atom is 0.149 e. The van der Waals surface area contributed by atoms with Crippen LogP contribution in [0, 0.1) is 5.82 Å². The normalized spacial score (nSPS) is 10.1. The Hall–Kier alpha value is -1.35. The molecule has 0 saturated carbocycles. The van der Waals surface area contributed by atoms with Crippen LogP contribution in [0.1, 0.15) is 0 Å². The Balaban J connectivity index is 2.50. The zero-order valence-corrected chi connectivity index (χ0v) is 8.21. The van der Waals surface area contributed by atoms with Crippen LogP contribution in [0.25, 0.3) is 11.1 Å². The number of pyridine rings is 1. The molecular formula is C11H8FNS. The van der Waals surface area contributed by atoms with Gasteiger partial charge >= 0.3 is 0 Å². The van der Waals surface area contributed by atoms with Gasteiger partial charge in [-0.25, -0.2) is 4.39 Å². The van der Waals surface area contributed by atoms with E-state index in [1.807, 2.05) is 24.3 Å². The molecule has 70 valence electrons. The van der Waals surface area contributed by atoms with Crippen LogP contribution in [0.5, 0.6) is 0 Å². The monoisotopic (exact) mass is 205 g/mol. The Labute approximate surface area is 87.0 Å². The van der Waals surface area contributed by atoms with Gasteiger partial charge < -0.3 is 0 Å². The first kappa shape index (κ1) is 9.21. The van der Waals surface area contributed by atoms with Gasteiger partial charge in [-0.15, -0.1) is 12.6 Å². The fraction of sp³-hybridized carbons (Fsp3) is 0. The van der Waals surface area contributed by atoms with Crippen molar-refractivity contribution in [2.45, 2.75) is 4.90 Å². The highest BCUT2D eigenvalue weighted by Gasteiger charge is 2.03. The summed E-state index contributed by atoms with van der Waals surface area (Å²) in [4.78, 5) is 4.56. The predicted molar refractivity (Wildman–Crippen MR) is 56.9 cm³/mol. The molecule has 14 heavy (non-hydrogen) atoms. The molecule has 0 aliphatic carbocycles. The molecule has 0 unspecified atom stereocenters. The molecule has 1 nitrogen and oxygen atoms in total. The van der Waals surface area contributed by atoms with Gasteiger partial charge in [0.2, 0.25) is 0 Å². The van der Waals surface area contributed by atoms with Crippen LogP contribution >= 0.6 is 12.6 Å². The van der Waals surface area contributed by atoms with Crippen molar-refractivity contribution in [3.8, 4) is 11.1 Å². The van der Waals surface area contributed by atoms with E-state index in [-0.39, 0.29) is 5.82 Å². The van der Waals surface area contributed by atoms with E-state index in [2.05, 4.69) is 17.6 Å². The van der Waals surface area contributed by atoms with E-state index in [0.29, 0.717) is 5.56 Å². The summed E-state index contributed by atoms with van der Waals surface area (Å²) in [6.07, 6.45) is 2.79. The Morgan fingerprint density at radius 1 is 1.07 bits per heavy atom. The van der Waals surface area contributed by atoms with E-state index in [4.69, 9.17) is 0 Å². The van der Waals surface area contributed by atoms with Gasteiger partial charge in [0.1, 0.15) is 5.82 Å². The van der Waals surface area contributed by atoms with Crippen LogP contribution in [-0.2, 0) is 0 Å². The van der Waals surface area contributed by atoms with Crippen molar-refractivity contribution in [2.75, 3.05) is 0 Å². The molecule has 0 amide bonds. The van der Waals surface area contributed by atoms with Gasteiger partial charge in [0, 0.05) is 16.7 Å². The number of halogens is 1. The van der Waals surface area contributed by atoms with Crippen molar-refractivity contribution in [1.82, 2.24) is 4.98 Å². The second-order valence-electron chi connectivity index (χ2n) is 2.90. The van der Waals surface area contributed by atoms with Gasteiger partial charge in [-0.2, -0.15) is 0 Å². The minimum absolute atomic E-state index is 0.306. The Morgan fingerprint density at radius 3 is 2.43 bits per heavy atom. The van der Waals surface area contributed by atoms with Crippen LogP contribution in [0.4, 0.5) is 4.39 Å². The molecule has 0 N–H and O–H groups in total. The van der Waals surface area contributed by atoms with Gasteiger partial charge in [-0.1, -0.05) is 12.1 Å². The largest absolute Gasteiger partial charge is 0.262 e. The summed E-state index contributed by atoms with van der Waals surface area (Å²) in [7, 11) is 0. The minimum Gasteiger partial charge on any atom is -0.262 e. The second-order valence-corrected chi connectivity index (χ2v) is 3.42. The average molecular weight is 205 g/mol. The molecule has 0 spiro atoms. The maximum atomic E-state index is 13.3. The highest BCUT2D eigenvalue weighted by molar-refractivity contribution is 7.80. The number of aromatic nitrogens is 1. The van der Waals surface area contributed by atoms with Gasteiger partial charge in [-0.3, -0.25) is 4.98 Å². The lowest BCUT2D eigenvalue weighted by molar-refractivity contribution is 0.625. The van der Waals surface area contributed by atoms with Crippen LogP contribution in [0.3, 0.4) is 0 Å². The number of hydrogen-bond acceptors (Lipinski definition) is 2. The van der Waals surface area contributed by atoms with Crippen molar-refractivity contribution in [1.29, 1.82) is 0 Å². The summed E-state index contributed by atoms with van der Waals surface area (Å²) >= 11 is 4.16. The lowest BCUT2D eigenvalue weighted by Gasteiger charge is -2.02. The third kappa shape index (κ3) is 1.77. The smallest absolute Gasteiger partial charge is 0.149 e. The molecule has 0 fully saturated rings. The molecule has 0 aliphatic rings. The number of rotatable bonds is 1. The lowest BCUT2D eigenvalue weighted by Crippen LogP contribution is -1.84. The first-order valence-corrected chi connectivity index (χ1v) is 4.61. The van der Waals surface area contributed by atoms with E-state index in [1.54, 1.807) is 12.3 Å². The summed E-state index contributed by atoms with van der Waals surface area (Å²) in [5.74, 6) is -0.306. The van der Waals surface area contributed by atoms with E-state index in [0.717, 1.165) is 10.5 Å². The SMILES string of the molecule is Fc1cnccc1-c1ccc(S)cc1. The second kappa shape index (κ2) is 3.80. The number of thiol groups is 1. The summed E-state index contributed by atoms with van der Waals surface area (Å²) in [6, 6.07) is 8.99. The fourth-order valence-electron chi connectivity index (χ4n) is 1.25. The standard InChI is InChI=1S/C11H8FNS/c12-11-7-13-6-5-10(11)8-1-3-9(14)4-2-8/h1-7,14H. The molecule has 0 saturated heterocycles. The average Bonchev–Trinajstić information content (AvgIpc) is 2.20. The third-order valence-corrected chi connectivity index (χ3v) is 2.25. The topological polar surface area (TPSA) is 12.9 Å².